The van der Waals surface area contributed by atoms with E-state index in [1.54, 1.807) is 29.2 Å². The molecule has 0 saturated carbocycles. The van der Waals surface area contributed by atoms with Crippen molar-refractivity contribution in [2.45, 2.75) is 18.4 Å². The van der Waals surface area contributed by atoms with Crippen LogP contribution in [0, 0.1) is 0 Å². The molecule has 0 radical (unpaired) electrons. The van der Waals surface area contributed by atoms with Gasteiger partial charge in [-0.1, -0.05) is 18.2 Å². The third-order valence-electron chi connectivity index (χ3n) is 4.43. The lowest BCUT2D eigenvalue weighted by Crippen LogP contribution is -2.48. The average Bonchev–Trinajstić information content (AvgIpc) is 2.58. The van der Waals surface area contributed by atoms with Crippen molar-refractivity contribution < 1.29 is 15.0 Å². The maximum atomic E-state index is 12.8. The second-order valence-corrected chi connectivity index (χ2v) is 6.00. The van der Waals surface area contributed by atoms with E-state index in [1.165, 1.54) is 11.7 Å². The maximum absolute atomic E-state index is 12.8. The number of hydrogen-bond donors (Lipinski definition) is 2. The first-order valence-electron chi connectivity index (χ1n) is 7.54. The van der Waals surface area contributed by atoms with E-state index in [-0.39, 0.29) is 23.8 Å². The van der Waals surface area contributed by atoms with E-state index < -0.39 is 5.60 Å². The lowest BCUT2D eigenvalue weighted by Gasteiger charge is -2.36. The molecule has 23 heavy (non-hydrogen) atoms. The SMILES string of the molecule is Cn1nc(C(=O)N2CCC(O)(CO)CC2)c2ccccc2c1=O. The minimum atomic E-state index is -1.12. The fourth-order valence-electron chi connectivity index (χ4n) is 2.89. The Morgan fingerprint density at radius 2 is 1.87 bits per heavy atom. The van der Waals surface area contributed by atoms with Crippen molar-refractivity contribution in [1.82, 2.24) is 14.7 Å². The molecule has 2 N–H and O–H groups in total. The Morgan fingerprint density at radius 3 is 2.48 bits per heavy atom. The van der Waals surface area contributed by atoms with E-state index >= 15 is 0 Å². The number of carbonyl (C=O) groups excluding carboxylic acids is 1. The number of carbonyl (C=O) groups is 1. The van der Waals surface area contributed by atoms with Gasteiger partial charge in [0.05, 0.1) is 17.6 Å². The topological polar surface area (TPSA) is 95.7 Å². The molecule has 0 bridgehead atoms. The molecule has 2 aromatic rings. The summed E-state index contributed by atoms with van der Waals surface area (Å²) in [6.07, 6.45) is 0.637. The number of likely N-dealkylation sites (tertiary alicyclic amines) is 1. The van der Waals surface area contributed by atoms with Gasteiger partial charge in [-0.15, -0.1) is 0 Å². The zero-order valence-electron chi connectivity index (χ0n) is 12.9. The Morgan fingerprint density at radius 1 is 1.26 bits per heavy atom. The van der Waals surface area contributed by atoms with Gasteiger partial charge < -0.3 is 15.1 Å². The van der Waals surface area contributed by atoms with Crippen molar-refractivity contribution in [1.29, 1.82) is 0 Å². The summed E-state index contributed by atoms with van der Waals surface area (Å²) in [5.41, 5.74) is -1.13. The highest BCUT2D eigenvalue weighted by Crippen LogP contribution is 2.23. The van der Waals surface area contributed by atoms with Crippen molar-refractivity contribution in [3.63, 3.8) is 0 Å². The maximum Gasteiger partial charge on any atom is 0.274 e. The standard InChI is InChI=1S/C16H19N3O4/c1-18-14(21)12-5-3-2-4-11(12)13(17-18)15(22)19-8-6-16(23,10-20)7-9-19/h2-5,20,23H,6-10H2,1H3. The summed E-state index contributed by atoms with van der Waals surface area (Å²) in [4.78, 5) is 26.5. The van der Waals surface area contributed by atoms with E-state index in [1.807, 2.05) is 0 Å². The number of nitrogens with zero attached hydrogens (tertiary/aromatic N) is 3. The summed E-state index contributed by atoms with van der Waals surface area (Å²) in [7, 11) is 1.52. The highest BCUT2D eigenvalue weighted by atomic mass is 16.3. The smallest absolute Gasteiger partial charge is 0.274 e. The first-order valence-corrected chi connectivity index (χ1v) is 7.54. The summed E-state index contributed by atoms with van der Waals surface area (Å²) in [5, 5.41) is 24.4. The summed E-state index contributed by atoms with van der Waals surface area (Å²) in [5.74, 6) is -0.267. The van der Waals surface area contributed by atoms with E-state index in [0.717, 1.165) is 0 Å². The summed E-state index contributed by atoms with van der Waals surface area (Å²) in [6, 6.07) is 6.91. The predicted molar refractivity (Wildman–Crippen MR) is 84.2 cm³/mol. The zero-order chi connectivity index (χ0) is 16.6. The highest BCUT2D eigenvalue weighted by molar-refractivity contribution is 6.04. The van der Waals surface area contributed by atoms with Crippen LogP contribution in [0.4, 0.5) is 0 Å². The molecular formula is C16H19N3O4. The quantitative estimate of drug-likeness (QED) is 0.806. The molecular weight excluding hydrogens is 298 g/mol. The largest absolute Gasteiger partial charge is 0.393 e. The van der Waals surface area contributed by atoms with Gasteiger partial charge in [0.15, 0.2) is 5.69 Å². The molecule has 0 spiro atoms. The van der Waals surface area contributed by atoms with Gasteiger partial charge in [0, 0.05) is 25.5 Å². The minimum absolute atomic E-state index is 0.233. The fraction of sp³-hybridized carbons (Fsp3) is 0.438. The zero-order valence-corrected chi connectivity index (χ0v) is 12.9. The molecule has 122 valence electrons. The number of fused-ring (bicyclic) bond motifs is 1. The van der Waals surface area contributed by atoms with Crippen molar-refractivity contribution in [2.24, 2.45) is 7.05 Å². The number of rotatable bonds is 2. The van der Waals surface area contributed by atoms with Gasteiger partial charge in [-0.3, -0.25) is 9.59 Å². The van der Waals surface area contributed by atoms with Gasteiger partial charge in [0.2, 0.25) is 0 Å². The van der Waals surface area contributed by atoms with Crippen LogP contribution < -0.4 is 5.56 Å². The molecule has 1 saturated heterocycles. The van der Waals surface area contributed by atoms with Gasteiger partial charge in [-0.05, 0) is 18.9 Å². The van der Waals surface area contributed by atoms with Crippen LogP contribution in [-0.2, 0) is 7.05 Å². The summed E-state index contributed by atoms with van der Waals surface area (Å²) in [6.45, 7) is 0.375. The van der Waals surface area contributed by atoms with Crippen molar-refractivity contribution in [3.05, 3.63) is 40.3 Å². The monoisotopic (exact) mass is 317 g/mol. The van der Waals surface area contributed by atoms with Crippen LogP contribution in [0.25, 0.3) is 10.8 Å². The molecule has 1 aliphatic rings. The number of aromatic nitrogens is 2. The third-order valence-corrected chi connectivity index (χ3v) is 4.43. The number of aryl methyl sites for hydroxylation is 1. The van der Waals surface area contributed by atoms with Gasteiger partial charge in [-0.2, -0.15) is 5.10 Å². The Bertz CT molecular complexity index is 807. The first kappa shape index (κ1) is 15.6. The van der Waals surface area contributed by atoms with Crippen molar-refractivity contribution in [2.75, 3.05) is 19.7 Å². The highest BCUT2D eigenvalue weighted by Gasteiger charge is 2.34. The molecule has 3 rings (SSSR count). The van der Waals surface area contributed by atoms with Gasteiger partial charge >= 0.3 is 0 Å². The molecule has 2 heterocycles. The molecule has 1 aliphatic heterocycles. The van der Waals surface area contributed by atoms with E-state index in [4.69, 9.17) is 0 Å². The van der Waals surface area contributed by atoms with Crippen molar-refractivity contribution >= 4 is 16.7 Å². The van der Waals surface area contributed by atoms with E-state index in [0.29, 0.717) is 36.7 Å². The van der Waals surface area contributed by atoms with Crippen molar-refractivity contribution in [3.8, 4) is 0 Å². The van der Waals surface area contributed by atoms with Crippen LogP contribution in [0.2, 0.25) is 0 Å². The van der Waals surface area contributed by atoms with Crippen LogP contribution >= 0.6 is 0 Å². The molecule has 0 aliphatic carbocycles. The van der Waals surface area contributed by atoms with Crippen LogP contribution in [0.1, 0.15) is 23.3 Å². The Labute approximate surface area is 132 Å². The molecule has 1 aromatic carbocycles. The number of piperidine rings is 1. The fourth-order valence-corrected chi connectivity index (χ4v) is 2.89. The second-order valence-electron chi connectivity index (χ2n) is 6.00. The van der Waals surface area contributed by atoms with Crippen LogP contribution in [0.5, 0.6) is 0 Å². The predicted octanol–water partition coefficient (Wildman–Crippen LogP) is -0.107. The van der Waals surface area contributed by atoms with E-state index in [9.17, 15) is 19.8 Å². The van der Waals surface area contributed by atoms with Crippen LogP contribution in [-0.4, -0.2) is 56.1 Å². The number of hydrogen-bond acceptors (Lipinski definition) is 5. The average molecular weight is 317 g/mol. The lowest BCUT2D eigenvalue weighted by atomic mass is 9.92. The van der Waals surface area contributed by atoms with E-state index in [2.05, 4.69) is 5.10 Å². The number of aliphatic hydroxyl groups is 2. The molecule has 1 fully saturated rings. The van der Waals surface area contributed by atoms with Gasteiger partial charge in [0.25, 0.3) is 11.5 Å². The van der Waals surface area contributed by atoms with Crippen LogP contribution in [0.15, 0.2) is 29.1 Å². The Kier molecular flexibility index (Phi) is 3.91. The number of benzene rings is 1. The molecule has 7 heteroatoms. The molecule has 1 amide bonds. The number of aliphatic hydroxyl groups excluding tert-OH is 1. The molecule has 7 nitrogen and oxygen atoms in total. The third kappa shape index (κ3) is 2.73. The van der Waals surface area contributed by atoms with Gasteiger partial charge in [-0.25, -0.2) is 4.68 Å². The molecule has 0 atom stereocenters. The van der Waals surface area contributed by atoms with Crippen LogP contribution in [0.3, 0.4) is 0 Å². The first-order chi connectivity index (χ1) is 10.9. The number of amides is 1. The van der Waals surface area contributed by atoms with Gasteiger partial charge in [0.1, 0.15) is 0 Å². The Balaban J connectivity index is 1.97. The summed E-state index contributed by atoms with van der Waals surface area (Å²) < 4.78 is 1.17. The molecule has 1 aromatic heterocycles. The lowest BCUT2D eigenvalue weighted by molar-refractivity contribution is -0.0546. The normalized spacial score (nSPS) is 17.4. The minimum Gasteiger partial charge on any atom is -0.393 e. The molecule has 0 unspecified atom stereocenters. The second kappa shape index (κ2) is 5.75. The Hall–Kier alpha value is -2.25. The summed E-state index contributed by atoms with van der Waals surface area (Å²) >= 11 is 0.